The fraction of sp³-hybridized carbons (Fsp3) is 0.875. The van der Waals surface area contributed by atoms with Crippen LogP contribution in [0.1, 0.15) is 26.7 Å². The maximum atomic E-state index is 12.7. The summed E-state index contributed by atoms with van der Waals surface area (Å²) in [6.07, 6.45) is -4.29. The third-order valence-electron chi connectivity index (χ3n) is 4.83. The van der Waals surface area contributed by atoms with Crippen LogP contribution in [0.25, 0.3) is 0 Å². The van der Waals surface area contributed by atoms with Crippen LogP contribution in [-0.2, 0) is 14.3 Å². The summed E-state index contributed by atoms with van der Waals surface area (Å²) in [5, 5.41) is 2.76. The first-order valence-electron chi connectivity index (χ1n) is 8.69. The minimum atomic E-state index is -4.95. The molecule has 25 heavy (non-hydrogen) atoms. The second-order valence-electron chi connectivity index (χ2n) is 6.86. The van der Waals surface area contributed by atoms with Gasteiger partial charge >= 0.3 is 12.1 Å². The molecule has 2 fully saturated rings. The Balaban J connectivity index is 1.94. The lowest BCUT2D eigenvalue weighted by atomic mass is 10.0. The zero-order chi connectivity index (χ0) is 18.6. The van der Waals surface area contributed by atoms with Crippen LogP contribution in [-0.4, -0.2) is 79.3 Å². The number of nitrogens with one attached hydrogen (secondary N) is 1. The second-order valence-corrected chi connectivity index (χ2v) is 6.86. The molecule has 144 valence electrons. The third kappa shape index (κ3) is 5.07. The van der Waals surface area contributed by atoms with E-state index >= 15 is 0 Å². The molecular weight excluding hydrogens is 339 g/mol. The zero-order valence-electron chi connectivity index (χ0n) is 14.6. The summed E-state index contributed by atoms with van der Waals surface area (Å²) in [6.45, 7) is 7.19. The van der Waals surface area contributed by atoms with E-state index in [1.165, 1.54) is 0 Å². The predicted molar refractivity (Wildman–Crippen MR) is 84.8 cm³/mol. The molecule has 9 heteroatoms. The van der Waals surface area contributed by atoms with Crippen LogP contribution in [0.5, 0.6) is 0 Å². The van der Waals surface area contributed by atoms with Crippen molar-refractivity contribution in [3.05, 3.63) is 0 Å². The van der Waals surface area contributed by atoms with Gasteiger partial charge in [-0.05, 0) is 18.8 Å². The number of morpholine rings is 1. The Morgan fingerprint density at radius 3 is 2.40 bits per heavy atom. The Hall–Kier alpha value is -1.35. The van der Waals surface area contributed by atoms with Gasteiger partial charge in [0.15, 0.2) is 0 Å². The van der Waals surface area contributed by atoms with Crippen LogP contribution in [0.2, 0.25) is 0 Å². The van der Waals surface area contributed by atoms with E-state index in [0.717, 1.165) is 13.1 Å². The average molecular weight is 365 g/mol. The van der Waals surface area contributed by atoms with Crippen molar-refractivity contribution in [2.75, 3.05) is 39.4 Å². The number of ether oxygens (including phenoxy) is 1. The summed E-state index contributed by atoms with van der Waals surface area (Å²) in [5.74, 6) is -2.16. The molecule has 0 radical (unpaired) electrons. The molecular formula is C16H26F3N3O3. The van der Waals surface area contributed by atoms with E-state index < -0.39 is 24.0 Å². The molecule has 6 nitrogen and oxygen atoms in total. The van der Waals surface area contributed by atoms with Gasteiger partial charge < -0.3 is 15.0 Å². The highest BCUT2D eigenvalue weighted by molar-refractivity contribution is 5.90. The molecule has 0 aromatic rings. The van der Waals surface area contributed by atoms with Gasteiger partial charge in [-0.3, -0.25) is 14.5 Å². The number of rotatable bonds is 5. The summed E-state index contributed by atoms with van der Waals surface area (Å²) < 4.78 is 43.3. The lowest BCUT2D eigenvalue weighted by Gasteiger charge is -2.37. The smallest absolute Gasteiger partial charge is 0.379 e. The molecule has 2 atom stereocenters. The number of carbonyl (C=O) groups excluding carboxylic acids is 2. The molecule has 2 rings (SSSR count). The normalized spacial score (nSPS) is 23.8. The highest BCUT2D eigenvalue weighted by Gasteiger charge is 2.47. The number of carbonyl (C=O) groups is 2. The summed E-state index contributed by atoms with van der Waals surface area (Å²) in [5.41, 5.74) is 0. The number of likely N-dealkylation sites (tertiary alicyclic amines) is 1. The molecule has 0 aliphatic carbocycles. The van der Waals surface area contributed by atoms with E-state index in [1.807, 2.05) is 13.8 Å². The van der Waals surface area contributed by atoms with Crippen molar-refractivity contribution in [1.82, 2.24) is 15.1 Å². The predicted octanol–water partition coefficient (Wildman–Crippen LogP) is 1.01. The second kappa shape index (κ2) is 8.35. The van der Waals surface area contributed by atoms with Gasteiger partial charge in [0.1, 0.15) is 6.04 Å². The lowest BCUT2D eigenvalue weighted by molar-refractivity contribution is -0.186. The quantitative estimate of drug-likeness (QED) is 0.790. The third-order valence-corrected chi connectivity index (χ3v) is 4.83. The molecule has 0 saturated carbocycles. The maximum Gasteiger partial charge on any atom is 0.471 e. The minimum Gasteiger partial charge on any atom is -0.379 e. The number of halogens is 3. The van der Waals surface area contributed by atoms with Gasteiger partial charge in [-0.25, -0.2) is 0 Å². The highest BCUT2D eigenvalue weighted by atomic mass is 19.4. The van der Waals surface area contributed by atoms with Crippen molar-refractivity contribution in [3.63, 3.8) is 0 Å². The summed E-state index contributed by atoms with van der Waals surface area (Å²) in [6, 6.07) is -0.951. The molecule has 2 heterocycles. The van der Waals surface area contributed by atoms with Gasteiger partial charge in [0, 0.05) is 32.2 Å². The van der Waals surface area contributed by atoms with Gasteiger partial charge in [0.05, 0.1) is 13.2 Å². The molecule has 0 bridgehead atoms. The maximum absolute atomic E-state index is 12.7. The van der Waals surface area contributed by atoms with Crippen molar-refractivity contribution in [3.8, 4) is 0 Å². The van der Waals surface area contributed by atoms with Gasteiger partial charge in [0.25, 0.3) is 0 Å². The lowest BCUT2D eigenvalue weighted by Crippen LogP contribution is -2.54. The van der Waals surface area contributed by atoms with E-state index in [4.69, 9.17) is 4.74 Å². The van der Waals surface area contributed by atoms with Gasteiger partial charge in [-0.2, -0.15) is 13.2 Å². The number of hydrogen-bond donors (Lipinski definition) is 1. The monoisotopic (exact) mass is 365 g/mol. The molecule has 0 spiro atoms. The van der Waals surface area contributed by atoms with Crippen molar-refractivity contribution in [2.45, 2.75) is 44.9 Å². The number of alkyl halides is 3. The number of hydrogen-bond acceptors (Lipinski definition) is 4. The topological polar surface area (TPSA) is 61.9 Å². The Labute approximate surface area is 145 Å². The first-order valence-corrected chi connectivity index (χ1v) is 8.69. The Morgan fingerprint density at radius 2 is 1.84 bits per heavy atom. The molecule has 2 saturated heterocycles. The van der Waals surface area contributed by atoms with E-state index in [-0.39, 0.29) is 24.9 Å². The van der Waals surface area contributed by atoms with E-state index in [0.29, 0.717) is 31.1 Å². The Kier molecular flexibility index (Phi) is 6.67. The fourth-order valence-corrected chi connectivity index (χ4v) is 3.46. The first-order chi connectivity index (χ1) is 11.7. The molecule has 0 aromatic carbocycles. The van der Waals surface area contributed by atoms with Gasteiger partial charge in [-0.1, -0.05) is 13.8 Å². The zero-order valence-corrected chi connectivity index (χ0v) is 14.6. The standard InChI is InChI=1S/C16H26F3N3O3/c1-11(2)13(21-6-8-25-9-7-21)10-20-14(23)12-4-3-5-22(12)15(24)16(17,18)19/h11-13H,3-10H2,1-2H3,(H,20,23). The number of nitrogens with zero attached hydrogens (tertiary/aromatic N) is 2. The van der Waals surface area contributed by atoms with Gasteiger partial charge in [-0.15, -0.1) is 0 Å². The van der Waals surface area contributed by atoms with Crippen LogP contribution in [0.3, 0.4) is 0 Å². The van der Waals surface area contributed by atoms with Crippen molar-refractivity contribution >= 4 is 11.8 Å². The van der Waals surface area contributed by atoms with Gasteiger partial charge in [0.2, 0.25) is 5.91 Å². The van der Waals surface area contributed by atoms with Crippen molar-refractivity contribution in [1.29, 1.82) is 0 Å². The molecule has 1 N–H and O–H groups in total. The fourth-order valence-electron chi connectivity index (χ4n) is 3.46. The van der Waals surface area contributed by atoms with Crippen LogP contribution in [0.4, 0.5) is 13.2 Å². The molecule has 2 aliphatic rings. The molecule has 0 aromatic heterocycles. The minimum absolute atomic E-state index is 0.0342. The van der Waals surface area contributed by atoms with Crippen LogP contribution in [0, 0.1) is 5.92 Å². The average Bonchev–Trinajstić information content (AvgIpc) is 3.03. The molecule has 2 aliphatic heterocycles. The Bertz CT molecular complexity index is 479. The number of amides is 2. The molecule has 2 amide bonds. The summed E-state index contributed by atoms with van der Waals surface area (Å²) in [4.78, 5) is 26.7. The molecule has 2 unspecified atom stereocenters. The van der Waals surface area contributed by atoms with E-state index in [2.05, 4.69) is 10.2 Å². The first kappa shape index (κ1) is 20.0. The van der Waals surface area contributed by atoms with Crippen LogP contribution >= 0.6 is 0 Å². The largest absolute Gasteiger partial charge is 0.471 e. The van der Waals surface area contributed by atoms with E-state index in [1.54, 1.807) is 0 Å². The van der Waals surface area contributed by atoms with E-state index in [9.17, 15) is 22.8 Å². The van der Waals surface area contributed by atoms with Crippen molar-refractivity contribution < 1.29 is 27.5 Å². The van der Waals surface area contributed by atoms with Crippen molar-refractivity contribution in [2.24, 2.45) is 5.92 Å². The van der Waals surface area contributed by atoms with Crippen LogP contribution in [0.15, 0.2) is 0 Å². The SMILES string of the molecule is CC(C)C(CNC(=O)C1CCCN1C(=O)C(F)(F)F)N1CCOCC1. The van der Waals surface area contributed by atoms with Crippen LogP contribution < -0.4 is 5.32 Å². The highest BCUT2D eigenvalue weighted by Crippen LogP contribution is 2.25. The summed E-state index contributed by atoms with van der Waals surface area (Å²) in [7, 11) is 0. The summed E-state index contributed by atoms with van der Waals surface area (Å²) >= 11 is 0. The Morgan fingerprint density at radius 1 is 1.20 bits per heavy atom.